The lowest BCUT2D eigenvalue weighted by Gasteiger charge is -2.05. The fourth-order valence-corrected chi connectivity index (χ4v) is 2.52. The van der Waals surface area contributed by atoms with Gasteiger partial charge in [-0.3, -0.25) is 0 Å². The van der Waals surface area contributed by atoms with Crippen LogP contribution >= 0.6 is 28.1 Å². The molecular weight excluding hydrogens is 258 g/mol. The van der Waals surface area contributed by atoms with Crippen LogP contribution in [0.15, 0.2) is 22.7 Å². The summed E-state index contributed by atoms with van der Waals surface area (Å²) in [6.07, 6.45) is 0. The number of aryl methyl sites for hydroxylation is 2. The molecular formula is C11H10BrNS. The predicted molar refractivity (Wildman–Crippen MR) is 66.3 cm³/mol. The highest BCUT2D eigenvalue weighted by Crippen LogP contribution is 2.23. The van der Waals surface area contributed by atoms with E-state index in [0.717, 1.165) is 25.6 Å². The van der Waals surface area contributed by atoms with Crippen LogP contribution in [0.5, 0.6) is 0 Å². The van der Waals surface area contributed by atoms with Gasteiger partial charge in [0.2, 0.25) is 0 Å². The molecule has 3 heteroatoms. The van der Waals surface area contributed by atoms with Crippen molar-refractivity contribution in [2.45, 2.75) is 13.8 Å². The van der Waals surface area contributed by atoms with E-state index in [1.807, 2.05) is 13.0 Å². The zero-order valence-electron chi connectivity index (χ0n) is 8.02. The van der Waals surface area contributed by atoms with Gasteiger partial charge >= 0.3 is 0 Å². The van der Waals surface area contributed by atoms with Crippen LogP contribution in [0.25, 0.3) is 10.9 Å². The molecule has 0 aliphatic heterocycles. The molecule has 0 fully saturated rings. The Hall–Kier alpha value is -0.670. The Morgan fingerprint density at radius 2 is 1.93 bits per heavy atom. The summed E-state index contributed by atoms with van der Waals surface area (Å²) in [5.41, 5.74) is 3.45. The van der Waals surface area contributed by atoms with E-state index in [-0.39, 0.29) is 0 Å². The first-order chi connectivity index (χ1) is 6.58. The topological polar surface area (TPSA) is 15.8 Å². The summed E-state index contributed by atoms with van der Waals surface area (Å²) >= 11 is 8.80. The number of halogens is 1. The molecule has 0 aliphatic rings. The van der Waals surface area contributed by atoms with Gasteiger partial charge in [-0.1, -0.05) is 28.1 Å². The van der Waals surface area contributed by atoms with Crippen molar-refractivity contribution in [3.8, 4) is 0 Å². The summed E-state index contributed by atoms with van der Waals surface area (Å²) < 4.78 is 1.98. The van der Waals surface area contributed by atoms with Crippen molar-refractivity contribution in [1.29, 1.82) is 0 Å². The van der Waals surface area contributed by atoms with Crippen LogP contribution in [0.3, 0.4) is 0 Å². The Balaban J connectivity index is 3.02. The minimum absolute atomic E-state index is 0.903. The maximum Gasteiger partial charge on any atom is 0.0500 e. The molecule has 72 valence electrons. The van der Waals surface area contributed by atoms with E-state index >= 15 is 0 Å². The van der Waals surface area contributed by atoms with Crippen molar-refractivity contribution in [2.24, 2.45) is 0 Å². The molecule has 2 rings (SSSR count). The highest BCUT2D eigenvalue weighted by atomic mass is 79.9. The Morgan fingerprint density at radius 3 is 2.64 bits per heavy atom. The lowest BCUT2D eigenvalue weighted by Crippen LogP contribution is -1.88. The average molecular weight is 268 g/mol. The second kappa shape index (κ2) is 3.48. The van der Waals surface area contributed by atoms with Crippen molar-refractivity contribution >= 4 is 39.1 Å². The number of rotatable bonds is 0. The molecule has 0 unspecified atom stereocenters. The van der Waals surface area contributed by atoms with Gasteiger partial charge in [-0.05, 0) is 37.6 Å². The molecule has 0 spiro atoms. The summed E-state index contributed by atoms with van der Waals surface area (Å²) in [6.45, 7) is 4.11. The third-order valence-electron chi connectivity index (χ3n) is 2.24. The number of benzene rings is 1. The summed E-state index contributed by atoms with van der Waals surface area (Å²) in [5.74, 6) is 0. The van der Waals surface area contributed by atoms with Gasteiger partial charge in [0.25, 0.3) is 0 Å². The molecule has 0 amide bonds. The molecule has 1 heterocycles. The standard InChI is InChI=1S/C11H10BrNS/c1-6-3-8(12)5-9-10(14)4-7(2)13-11(6)9/h3-5H,1-2H3,(H,13,14). The van der Waals surface area contributed by atoms with Crippen molar-refractivity contribution in [2.75, 3.05) is 0 Å². The monoisotopic (exact) mass is 267 g/mol. The lowest BCUT2D eigenvalue weighted by molar-refractivity contribution is 1.24. The molecule has 0 aliphatic carbocycles. The molecule has 14 heavy (non-hydrogen) atoms. The van der Waals surface area contributed by atoms with Crippen molar-refractivity contribution in [3.63, 3.8) is 0 Å². The van der Waals surface area contributed by atoms with E-state index in [4.69, 9.17) is 12.2 Å². The van der Waals surface area contributed by atoms with E-state index < -0.39 is 0 Å². The van der Waals surface area contributed by atoms with Crippen LogP contribution in [0, 0.1) is 18.4 Å². The minimum atomic E-state index is 0.903. The molecule has 1 aromatic heterocycles. The number of aromatic amines is 1. The summed E-state index contributed by atoms with van der Waals surface area (Å²) in [5, 5.41) is 1.11. The smallest absolute Gasteiger partial charge is 0.0500 e. The number of nitrogens with one attached hydrogen (secondary N) is 1. The predicted octanol–water partition coefficient (Wildman–Crippen LogP) is 4.28. The molecule has 2 aromatic rings. The third-order valence-corrected chi connectivity index (χ3v) is 3.03. The largest absolute Gasteiger partial charge is 0.358 e. The quantitative estimate of drug-likeness (QED) is 0.705. The maximum atomic E-state index is 5.32. The Morgan fingerprint density at radius 1 is 1.21 bits per heavy atom. The summed E-state index contributed by atoms with van der Waals surface area (Å²) in [6, 6.07) is 6.14. The van der Waals surface area contributed by atoms with Crippen LogP contribution in [0.4, 0.5) is 0 Å². The number of aromatic nitrogens is 1. The molecule has 0 atom stereocenters. The zero-order chi connectivity index (χ0) is 10.3. The van der Waals surface area contributed by atoms with Crippen molar-refractivity contribution in [3.05, 3.63) is 38.4 Å². The first kappa shape index (κ1) is 9.87. The van der Waals surface area contributed by atoms with E-state index in [1.54, 1.807) is 0 Å². The lowest BCUT2D eigenvalue weighted by atomic mass is 10.1. The Kier molecular flexibility index (Phi) is 2.45. The molecule has 0 radical (unpaired) electrons. The Bertz CT molecular complexity index is 557. The molecule has 0 saturated carbocycles. The van der Waals surface area contributed by atoms with E-state index in [2.05, 4.69) is 40.0 Å². The van der Waals surface area contributed by atoms with E-state index in [1.165, 1.54) is 5.56 Å². The third kappa shape index (κ3) is 1.62. The van der Waals surface area contributed by atoms with E-state index in [9.17, 15) is 0 Å². The maximum absolute atomic E-state index is 5.32. The van der Waals surface area contributed by atoms with Crippen molar-refractivity contribution in [1.82, 2.24) is 4.98 Å². The van der Waals surface area contributed by atoms with Gasteiger partial charge in [-0.25, -0.2) is 0 Å². The number of hydrogen-bond acceptors (Lipinski definition) is 1. The fourth-order valence-electron chi connectivity index (χ4n) is 1.61. The number of pyridine rings is 1. The molecule has 1 nitrogen and oxygen atoms in total. The van der Waals surface area contributed by atoms with Gasteiger partial charge in [0, 0.05) is 25.6 Å². The second-order valence-electron chi connectivity index (χ2n) is 3.46. The second-order valence-corrected chi connectivity index (χ2v) is 4.82. The van der Waals surface area contributed by atoms with Crippen LogP contribution in [-0.4, -0.2) is 4.98 Å². The van der Waals surface area contributed by atoms with E-state index in [0.29, 0.717) is 0 Å². The van der Waals surface area contributed by atoms with Gasteiger partial charge in [0.15, 0.2) is 0 Å². The molecule has 0 saturated heterocycles. The molecule has 0 bridgehead atoms. The van der Waals surface area contributed by atoms with Crippen molar-refractivity contribution < 1.29 is 0 Å². The highest BCUT2D eigenvalue weighted by Gasteiger charge is 2.01. The summed E-state index contributed by atoms with van der Waals surface area (Å²) in [7, 11) is 0. The Labute approximate surface area is 96.3 Å². The number of H-pyrrole nitrogens is 1. The number of hydrogen-bond donors (Lipinski definition) is 1. The van der Waals surface area contributed by atoms with Crippen LogP contribution in [0.1, 0.15) is 11.3 Å². The van der Waals surface area contributed by atoms with Gasteiger partial charge in [0.05, 0.1) is 0 Å². The van der Waals surface area contributed by atoms with Crippen LogP contribution in [-0.2, 0) is 0 Å². The average Bonchev–Trinajstić information content (AvgIpc) is 2.07. The zero-order valence-corrected chi connectivity index (χ0v) is 10.4. The molecule has 1 aromatic carbocycles. The molecule has 1 N–H and O–H groups in total. The van der Waals surface area contributed by atoms with Gasteiger partial charge < -0.3 is 4.98 Å². The van der Waals surface area contributed by atoms with Gasteiger partial charge in [-0.2, -0.15) is 0 Å². The highest BCUT2D eigenvalue weighted by molar-refractivity contribution is 9.10. The van der Waals surface area contributed by atoms with Gasteiger partial charge in [0.1, 0.15) is 0 Å². The minimum Gasteiger partial charge on any atom is -0.358 e. The summed E-state index contributed by atoms with van der Waals surface area (Å²) in [4.78, 5) is 3.34. The SMILES string of the molecule is Cc1cc(=S)c2cc(Br)cc(C)c2[nH]1. The fraction of sp³-hybridized carbons (Fsp3) is 0.182. The van der Waals surface area contributed by atoms with Gasteiger partial charge in [-0.15, -0.1) is 0 Å². The van der Waals surface area contributed by atoms with Crippen LogP contribution in [0.2, 0.25) is 0 Å². The first-order valence-corrected chi connectivity index (χ1v) is 5.58. The first-order valence-electron chi connectivity index (χ1n) is 4.38. The van der Waals surface area contributed by atoms with Crippen LogP contribution < -0.4 is 0 Å². The normalized spacial score (nSPS) is 10.8. The number of fused-ring (bicyclic) bond motifs is 1.